The molecule has 0 bridgehead atoms. The number of carbonyl (C=O) groups is 2. The van der Waals surface area contributed by atoms with Gasteiger partial charge >= 0.3 is 0 Å². The van der Waals surface area contributed by atoms with Gasteiger partial charge in [0.25, 0.3) is 0 Å². The van der Waals surface area contributed by atoms with Crippen LogP contribution in [0.25, 0.3) is 0 Å². The van der Waals surface area contributed by atoms with Crippen LogP contribution >= 0.6 is 0 Å². The maximum atomic E-state index is 12.6. The van der Waals surface area contributed by atoms with Crippen LogP contribution in [0, 0.1) is 17.8 Å². The van der Waals surface area contributed by atoms with Crippen molar-refractivity contribution in [2.45, 2.75) is 6.42 Å². The van der Waals surface area contributed by atoms with E-state index in [1.54, 1.807) is 12.4 Å². The Hall–Kier alpha value is -1.95. The van der Waals surface area contributed by atoms with Crippen LogP contribution in [0.3, 0.4) is 0 Å². The van der Waals surface area contributed by atoms with Crippen molar-refractivity contribution < 1.29 is 14.3 Å². The average Bonchev–Trinajstić information content (AvgIpc) is 3.25. The lowest BCUT2D eigenvalue weighted by atomic mass is 10.0. The largest absolute Gasteiger partial charge is 0.381 e. The number of ether oxygens (including phenoxy) is 1. The van der Waals surface area contributed by atoms with E-state index in [1.165, 1.54) is 0 Å². The summed E-state index contributed by atoms with van der Waals surface area (Å²) < 4.78 is 5.30. The van der Waals surface area contributed by atoms with Crippen LogP contribution in [-0.2, 0) is 14.3 Å². The Kier molecular flexibility index (Phi) is 3.33. The zero-order valence-corrected chi connectivity index (χ0v) is 12.4. The molecule has 0 saturated carbocycles. The molecule has 0 N–H and O–H groups in total. The summed E-state index contributed by atoms with van der Waals surface area (Å²) in [7, 11) is 0. The Bertz CT molecular complexity index is 586. The van der Waals surface area contributed by atoms with E-state index < -0.39 is 0 Å². The normalized spacial score (nSPS) is 30.9. The van der Waals surface area contributed by atoms with Crippen molar-refractivity contribution in [2.75, 3.05) is 37.7 Å². The smallest absolute Gasteiger partial charge is 0.232 e. The number of amides is 2. The Morgan fingerprint density at radius 1 is 1.32 bits per heavy atom. The molecule has 3 aliphatic rings. The predicted molar refractivity (Wildman–Crippen MR) is 79.1 cm³/mol. The van der Waals surface area contributed by atoms with Crippen molar-refractivity contribution in [1.29, 1.82) is 0 Å². The number of nitrogens with zero attached hydrogens (tertiary/aromatic N) is 3. The molecule has 4 rings (SSSR count). The van der Waals surface area contributed by atoms with Crippen molar-refractivity contribution in [3.8, 4) is 0 Å². The molecule has 0 radical (unpaired) electrons. The van der Waals surface area contributed by atoms with Gasteiger partial charge in [-0.05, 0) is 18.6 Å². The topological polar surface area (TPSA) is 62.7 Å². The Morgan fingerprint density at radius 2 is 2.23 bits per heavy atom. The molecular formula is C16H19N3O3. The van der Waals surface area contributed by atoms with Crippen LogP contribution in [0.2, 0.25) is 0 Å². The highest BCUT2D eigenvalue weighted by Gasteiger charge is 2.48. The molecule has 6 heteroatoms. The number of hydrogen-bond acceptors (Lipinski definition) is 4. The average molecular weight is 301 g/mol. The fourth-order valence-electron chi connectivity index (χ4n) is 3.77. The molecule has 0 unspecified atom stereocenters. The van der Waals surface area contributed by atoms with Gasteiger partial charge < -0.3 is 14.5 Å². The van der Waals surface area contributed by atoms with Gasteiger partial charge in [-0.1, -0.05) is 0 Å². The number of hydrogen-bond donors (Lipinski definition) is 0. The number of likely N-dealkylation sites (tertiary alicyclic amines) is 1. The molecule has 116 valence electrons. The van der Waals surface area contributed by atoms with Gasteiger partial charge in [-0.25, -0.2) is 0 Å². The second-order valence-electron chi connectivity index (χ2n) is 6.33. The minimum atomic E-state index is -0.0634. The van der Waals surface area contributed by atoms with Gasteiger partial charge in [0.2, 0.25) is 11.8 Å². The van der Waals surface area contributed by atoms with Gasteiger partial charge in [0.1, 0.15) is 0 Å². The van der Waals surface area contributed by atoms with E-state index in [9.17, 15) is 9.59 Å². The maximum absolute atomic E-state index is 12.6. The molecule has 1 aromatic heterocycles. The predicted octanol–water partition coefficient (Wildman–Crippen LogP) is 0.539. The highest BCUT2D eigenvalue weighted by Crippen LogP contribution is 2.35. The molecular weight excluding hydrogens is 282 g/mol. The summed E-state index contributed by atoms with van der Waals surface area (Å²) in [6.45, 7) is 3.11. The fraction of sp³-hybridized carbons (Fsp3) is 0.562. The quantitative estimate of drug-likeness (QED) is 0.800. The summed E-state index contributed by atoms with van der Waals surface area (Å²) in [5.74, 6) is 0.442. The van der Waals surface area contributed by atoms with Crippen molar-refractivity contribution in [1.82, 2.24) is 9.88 Å². The van der Waals surface area contributed by atoms with E-state index in [0.29, 0.717) is 32.8 Å². The number of aromatic nitrogens is 1. The van der Waals surface area contributed by atoms with Crippen LogP contribution in [-0.4, -0.2) is 54.5 Å². The minimum Gasteiger partial charge on any atom is -0.381 e. The van der Waals surface area contributed by atoms with E-state index >= 15 is 0 Å². The van der Waals surface area contributed by atoms with Crippen LogP contribution in [0.4, 0.5) is 5.69 Å². The first-order valence-electron chi connectivity index (χ1n) is 7.82. The summed E-state index contributed by atoms with van der Waals surface area (Å²) >= 11 is 0. The van der Waals surface area contributed by atoms with E-state index in [1.807, 2.05) is 21.9 Å². The molecule has 3 fully saturated rings. The third-order valence-electron chi connectivity index (χ3n) is 4.99. The zero-order valence-electron chi connectivity index (χ0n) is 12.4. The van der Waals surface area contributed by atoms with Gasteiger partial charge in [0, 0.05) is 38.4 Å². The molecule has 6 nitrogen and oxygen atoms in total. The van der Waals surface area contributed by atoms with Crippen molar-refractivity contribution in [3.05, 3.63) is 24.5 Å². The van der Waals surface area contributed by atoms with E-state index in [-0.39, 0.29) is 29.6 Å². The summed E-state index contributed by atoms with van der Waals surface area (Å²) in [6.07, 6.45) is 4.23. The molecule has 0 aliphatic carbocycles. The zero-order chi connectivity index (χ0) is 15.1. The second-order valence-corrected chi connectivity index (χ2v) is 6.33. The molecule has 2 amide bonds. The third kappa shape index (κ3) is 2.18. The van der Waals surface area contributed by atoms with Crippen molar-refractivity contribution in [3.63, 3.8) is 0 Å². The number of carbonyl (C=O) groups excluding carboxylic acids is 2. The fourth-order valence-corrected chi connectivity index (χ4v) is 3.77. The molecule has 3 saturated heterocycles. The number of anilines is 1. The van der Waals surface area contributed by atoms with E-state index in [2.05, 4.69) is 4.98 Å². The molecule has 1 aromatic rings. The molecule has 3 aliphatic heterocycles. The number of fused-ring (bicyclic) bond motifs is 1. The lowest BCUT2D eigenvalue weighted by Gasteiger charge is -2.23. The molecule has 3 atom stereocenters. The minimum absolute atomic E-state index is 0.0108. The molecule has 0 aromatic carbocycles. The first-order valence-corrected chi connectivity index (χ1v) is 7.82. The summed E-state index contributed by atoms with van der Waals surface area (Å²) in [6, 6.07) is 3.75. The second kappa shape index (κ2) is 5.35. The Balaban J connectivity index is 1.45. The van der Waals surface area contributed by atoms with Crippen LogP contribution in [0.15, 0.2) is 24.5 Å². The van der Waals surface area contributed by atoms with Crippen molar-refractivity contribution >= 4 is 17.5 Å². The first-order chi connectivity index (χ1) is 10.7. The highest BCUT2D eigenvalue weighted by atomic mass is 16.5. The monoisotopic (exact) mass is 301 g/mol. The number of pyridine rings is 1. The first kappa shape index (κ1) is 13.7. The summed E-state index contributed by atoms with van der Waals surface area (Å²) in [5, 5.41) is 0. The highest BCUT2D eigenvalue weighted by molar-refractivity contribution is 5.98. The van der Waals surface area contributed by atoms with Crippen molar-refractivity contribution in [2.24, 2.45) is 17.8 Å². The van der Waals surface area contributed by atoms with Crippen LogP contribution in [0.1, 0.15) is 6.42 Å². The molecule has 4 heterocycles. The van der Waals surface area contributed by atoms with E-state index in [0.717, 1.165) is 12.1 Å². The van der Waals surface area contributed by atoms with Gasteiger partial charge in [0.05, 0.1) is 30.3 Å². The Labute approximate surface area is 129 Å². The van der Waals surface area contributed by atoms with Crippen LogP contribution in [0.5, 0.6) is 0 Å². The van der Waals surface area contributed by atoms with Crippen LogP contribution < -0.4 is 4.90 Å². The molecule has 0 spiro atoms. The maximum Gasteiger partial charge on any atom is 0.232 e. The van der Waals surface area contributed by atoms with Gasteiger partial charge in [-0.15, -0.1) is 0 Å². The lowest BCUT2D eigenvalue weighted by Crippen LogP contribution is -2.38. The Morgan fingerprint density at radius 3 is 2.91 bits per heavy atom. The van der Waals surface area contributed by atoms with Gasteiger partial charge in [-0.3, -0.25) is 14.6 Å². The van der Waals surface area contributed by atoms with Gasteiger partial charge in [-0.2, -0.15) is 0 Å². The van der Waals surface area contributed by atoms with Gasteiger partial charge in [0.15, 0.2) is 0 Å². The number of rotatable bonds is 2. The summed E-state index contributed by atoms with van der Waals surface area (Å²) in [5.41, 5.74) is 0.851. The third-order valence-corrected chi connectivity index (χ3v) is 4.99. The van der Waals surface area contributed by atoms with E-state index in [4.69, 9.17) is 4.74 Å². The molecule has 22 heavy (non-hydrogen) atoms. The standard InChI is InChI=1S/C16H19N3O3/c20-15(11-3-5-22-10-11)18-7-12-8-19(16(21)14(12)9-18)13-2-1-4-17-6-13/h1-2,4,6,11-12,14H,3,5,7-10H2/t11-,12+,14+/m1/s1. The SMILES string of the molecule is O=C([C@@H]1CCOC1)N1C[C@H]2CN(c3cccnc3)C(=O)[C@H]2C1. The lowest BCUT2D eigenvalue weighted by molar-refractivity contribution is -0.134. The summed E-state index contributed by atoms with van der Waals surface area (Å²) in [4.78, 5) is 32.8.